The van der Waals surface area contributed by atoms with Crippen LogP contribution in [0.1, 0.15) is 0 Å². The Morgan fingerprint density at radius 1 is 0.436 bits per heavy atom. The number of benzene rings is 6. The van der Waals surface area contributed by atoms with Crippen LogP contribution >= 0.6 is 0 Å². The standard InChI is InChI=1S/C37H24N2/c1-2-10-25(11-3-1)26-18-20-28(21-19-26)32-24-36(38-33-16-8-6-14-30(32)33)39-34-17-9-7-15-31(34)37-29-13-5-4-12-27(29)22-23-35(37)39/h1-24H. The van der Waals surface area contributed by atoms with Crippen LogP contribution in [0, 0.1) is 0 Å². The second kappa shape index (κ2) is 8.68. The lowest BCUT2D eigenvalue weighted by atomic mass is 9.98. The molecule has 2 heteroatoms. The Morgan fingerprint density at radius 3 is 1.92 bits per heavy atom. The van der Waals surface area contributed by atoms with E-state index in [0.29, 0.717) is 0 Å². The Hall–Kier alpha value is -5.21. The van der Waals surface area contributed by atoms with Gasteiger partial charge in [-0.05, 0) is 57.3 Å². The predicted octanol–water partition coefficient (Wildman–Crippen LogP) is 9.82. The summed E-state index contributed by atoms with van der Waals surface area (Å²) in [6.07, 6.45) is 0. The van der Waals surface area contributed by atoms with E-state index in [1.165, 1.54) is 49.3 Å². The van der Waals surface area contributed by atoms with Gasteiger partial charge in [-0.15, -0.1) is 0 Å². The highest BCUT2D eigenvalue weighted by Gasteiger charge is 2.17. The van der Waals surface area contributed by atoms with Gasteiger partial charge in [0, 0.05) is 16.2 Å². The second-order valence-electron chi connectivity index (χ2n) is 10.0. The summed E-state index contributed by atoms with van der Waals surface area (Å²) in [6.45, 7) is 0. The molecule has 0 aliphatic rings. The number of fused-ring (bicyclic) bond motifs is 6. The molecular weight excluding hydrogens is 472 g/mol. The number of para-hydroxylation sites is 2. The molecule has 0 fully saturated rings. The van der Waals surface area contributed by atoms with Crippen molar-refractivity contribution >= 4 is 43.5 Å². The predicted molar refractivity (Wildman–Crippen MR) is 164 cm³/mol. The van der Waals surface area contributed by atoms with Gasteiger partial charge in [0.2, 0.25) is 0 Å². The summed E-state index contributed by atoms with van der Waals surface area (Å²) in [4.78, 5) is 5.21. The molecule has 2 aromatic heterocycles. The number of nitrogens with zero attached hydrogens (tertiary/aromatic N) is 2. The van der Waals surface area contributed by atoms with Gasteiger partial charge in [-0.3, -0.25) is 4.57 Å². The molecule has 0 radical (unpaired) electrons. The van der Waals surface area contributed by atoms with Crippen LogP contribution in [0.15, 0.2) is 146 Å². The first-order valence-corrected chi connectivity index (χ1v) is 13.3. The molecule has 0 aliphatic heterocycles. The molecule has 0 aliphatic carbocycles. The smallest absolute Gasteiger partial charge is 0.138 e. The topological polar surface area (TPSA) is 17.8 Å². The van der Waals surface area contributed by atoms with Crippen molar-refractivity contribution < 1.29 is 0 Å². The highest BCUT2D eigenvalue weighted by Crippen LogP contribution is 2.38. The molecular formula is C37H24N2. The number of hydrogen-bond acceptors (Lipinski definition) is 1. The Labute approximate surface area is 226 Å². The Kier molecular flexibility index (Phi) is 4.86. The van der Waals surface area contributed by atoms with Crippen molar-refractivity contribution in [3.05, 3.63) is 146 Å². The van der Waals surface area contributed by atoms with Crippen molar-refractivity contribution in [2.75, 3.05) is 0 Å². The van der Waals surface area contributed by atoms with E-state index in [4.69, 9.17) is 4.98 Å². The van der Waals surface area contributed by atoms with Gasteiger partial charge in [-0.2, -0.15) is 0 Å². The fraction of sp³-hybridized carbons (Fsp3) is 0. The zero-order valence-corrected chi connectivity index (χ0v) is 21.3. The Morgan fingerprint density at radius 2 is 1.08 bits per heavy atom. The van der Waals surface area contributed by atoms with Crippen molar-refractivity contribution in [1.82, 2.24) is 9.55 Å². The maximum absolute atomic E-state index is 5.21. The van der Waals surface area contributed by atoms with E-state index < -0.39 is 0 Å². The van der Waals surface area contributed by atoms with Crippen molar-refractivity contribution in [2.24, 2.45) is 0 Å². The summed E-state index contributed by atoms with van der Waals surface area (Å²) < 4.78 is 2.32. The van der Waals surface area contributed by atoms with Crippen molar-refractivity contribution in [1.29, 1.82) is 0 Å². The van der Waals surface area contributed by atoms with E-state index in [1.54, 1.807) is 0 Å². The minimum absolute atomic E-state index is 0.928. The molecule has 8 aromatic rings. The van der Waals surface area contributed by atoms with Crippen molar-refractivity contribution in [3.8, 4) is 28.1 Å². The molecule has 182 valence electrons. The summed E-state index contributed by atoms with van der Waals surface area (Å²) in [5.41, 5.74) is 8.13. The molecule has 6 aromatic carbocycles. The molecule has 0 saturated carbocycles. The minimum Gasteiger partial charge on any atom is -0.294 e. The largest absolute Gasteiger partial charge is 0.294 e. The summed E-state index contributed by atoms with van der Waals surface area (Å²) in [5.74, 6) is 0.928. The van der Waals surface area contributed by atoms with E-state index in [2.05, 4.69) is 150 Å². The van der Waals surface area contributed by atoms with Gasteiger partial charge >= 0.3 is 0 Å². The fourth-order valence-corrected chi connectivity index (χ4v) is 5.97. The normalized spacial score (nSPS) is 11.6. The molecule has 0 N–H and O–H groups in total. The number of pyridine rings is 1. The van der Waals surface area contributed by atoms with Crippen LogP contribution in [0.25, 0.3) is 71.6 Å². The van der Waals surface area contributed by atoms with Crippen LogP contribution in [0.5, 0.6) is 0 Å². The first-order chi connectivity index (χ1) is 19.3. The SMILES string of the molecule is c1ccc(-c2ccc(-c3cc(-n4c5ccccc5c5c6ccccc6ccc54)nc4ccccc34)cc2)cc1. The van der Waals surface area contributed by atoms with Gasteiger partial charge in [-0.25, -0.2) is 4.98 Å². The van der Waals surface area contributed by atoms with E-state index in [1.807, 2.05) is 0 Å². The summed E-state index contributed by atoms with van der Waals surface area (Å²) in [5, 5.41) is 6.18. The zero-order valence-electron chi connectivity index (χ0n) is 21.3. The minimum atomic E-state index is 0.928. The quantitative estimate of drug-likeness (QED) is 0.238. The van der Waals surface area contributed by atoms with Crippen LogP contribution in [0.3, 0.4) is 0 Å². The summed E-state index contributed by atoms with van der Waals surface area (Å²) in [7, 11) is 0. The molecule has 0 saturated heterocycles. The van der Waals surface area contributed by atoms with E-state index in [9.17, 15) is 0 Å². The van der Waals surface area contributed by atoms with Crippen molar-refractivity contribution in [3.63, 3.8) is 0 Å². The fourth-order valence-electron chi connectivity index (χ4n) is 5.97. The molecule has 2 heterocycles. The van der Waals surface area contributed by atoms with Gasteiger partial charge in [-0.1, -0.05) is 121 Å². The third kappa shape index (κ3) is 3.46. The van der Waals surface area contributed by atoms with Gasteiger partial charge in [0.15, 0.2) is 0 Å². The molecule has 8 rings (SSSR count). The lowest BCUT2D eigenvalue weighted by Gasteiger charge is -2.13. The Balaban J connectivity index is 1.40. The van der Waals surface area contributed by atoms with Crippen LogP contribution in [0.4, 0.5) is 0 Å². The average Bonchev–Trinajstić information content (AvgIpc) is 3.36. The van der Waals surface area contributed by atoms with Gasteiger partial charge in [0.1, 0.15) is 5.82 Å². The zero-order chi connectivity index (χ0) is 25.8. The molecule has 2 nitrogen and oxygen atoms in total. The average molecular weight is 497 g/mol. The summed E-state index contributed by atoms with van der Waals surface area (Å²) in [6, 6.07) is 51.9. The second-order valence-corrected chi connectivity index (χ2v) is 10.0. The monoisotopic (exact) mass is 496 g/mol. The van der Waals surface area contributed by atoms with Gasteiger partial charge in [0.25, 0.3) is 0 Å². The molecule has 0 spiro atoms. The molecule has 0 atom stereocenters. The lowest BCUT2D eigenvalue weighted by molar-refractivity contribution is 1.10. The van der Waals surface area contributed by atoms with Gasteiger partial charge in [0.05, 0.1) is 16.6 Å². The van der Waals surface area contributed by atoms with E-state index >= 15 is 0 Å². The number of hydrogen-bond donors (Lipinski definition) is 0. The highest BCUT2D eigenvalue weighted by molar-refractivity contribution is 6.21. The summed E-state index contributed by atoms with van der Waals surface area (Å²) >= 11 is 0. The third-order valence-electron chi connectivity index (χ3n) is 7.80. The molecule has 0 unspecified atom stereocenters. The molecule has 39 heavy (non-hydrogen) atoms. The van der Waals surface area contributed by atoms with E-state index in [0.717, 1.165) is 22.2 Å². The molecule has 0 bridgehead atoms. The van der Waals surface area contributed by atoms with Crippen LogP contribution < -0.4 is 0 Å². The first-order valence-electron chi connectivity index (χ1n) is 13.3. The number of aromatic nitrogens is 2. The number of rotatable bonds is 3. The lowest BCUT2D eigenvalue weighted by Crippen LogP contribution is -1.99. The maximum atomic E-state index is 5.21. The van der Waals surface area contributed by atoms with E-state index in [-0.39, 0.29) is 0 Å². The Bertz CT molecular complexity index is 2150. The molecule has 0 amide bonds. The maximum Gasteiger partial charge on any atom is 0.138 e. The highest BCUT2D eigenvalue weighted by atomic mass is 15.1. The first kappa shape index (κ1) is 21.8. The van der Waals surface area contributed by atoms with Crippen LogP contribution in [-0.2, 0) is 0 Å². The van der Waals surface area contributed by atoms with Gasteiger partial charge < -0.3 is 0 Å². The van der Waals surface area contributed by atoms with Crippen LogP contribution in [-0.4, -0.2) is 9.55 Å². The third-order valence-corrected chi connectivity index (χ3v) is 7.80. The van der Waals surface area contributed by atoms with Crippen molar-refractivity contribution in [2.45, 2.75) is 0 Å². The van der Waals surface area contributed by atoms with Crippen LogP contribution in [0.2, 0.25) is 0 Å².